The van der Waals surface area contributed by atoms with Gasteiger partial charge in [-0.05, 0) is 74.8 Å². The van der Waals surface area contributed by atoms with Crippen LogP contribution in [0.4, 0.5) is 5.69 Å². The van der Waals surface area contributed by atoms with Crippen molar-refractivity contribution in [2.24, 2.45) is 28.9 Å². The van der Waals surface area contributed by atoms with E-state index in [0.29, 0.717) is 29.5 Å². The van der Waals surface area contributed by atoms with Gasteiger partial charge in [-0.15, -0.1) is 0 Å². The van der Waals surface area contributed by atoms with Crippen LogP contribution in [0.3, 0.4) is 0 Å². The fourth-order valence-corrected chi connectivity index (χ4v) is 8.57. The monoisotopic (exact) mass is 479 g/mol. The van der Waals surface area contributed by atoms with E-state index in [-0.39, 0.29) is 29.7 Å². The summed E-state index contributed by atoms with van der Waals surface area (Å²) in [5.41, 5.74) is 4.65. The highest BCUT2D eigenvalue weighted by molar-refractivity contribution is 7.80. The highest BCUT2D eigenvalue weighted by atomic mass is 35.5. The molecule has 0 saturated heterocycles. The molecule has 6 rings (SSSR count). The molecule has 3 atom stereocenters. The molecule has 0 aromatic heterocycles. The van der Waals surface area contributed by atoms with E-state index in [1.165, 1.54) is 4.31 Å². The van der Waals surface area contributed by atoms with Crippen molar-refractivity contribution in [2.45, 2.75) is 69.4 Å². The number of halogens is 1. The Morgan fingerprint density at radius 3 is 2.31 bits per heavy atom. The second-order valence-corrected chi connectivity index (χ2v) is 11.6. The van der Waals surface area contributed by atoms with Crippen molar-refractivity contribution >= 4 is 40.4 Å². The molecular weight excluding hydrogens is 450 g/mol. The average molecular weight is 480 g/mol. The van der Waals surface area contributed by atoms with E-state index in [1.54, 1.807) is 24.3 Å². The van der Waals surface area contributed by atoms with Crippen molar-refractivity contribution in [3.63, 3.8) is 0 Å². The van der Waals surface area contributed by atoms with E-state index in [4.69, 9.17) is 17.3 Å². The van der Waals surface area contributed by atoms with Gasteiger partial charge in [0.25, 0.3) is 11.3 Å². The summed E-state index contributed by atoms with van der Waals surface area (Å²) in [6.45, 7) is 0. The number of nitrogens with one attached hydrogen (secondary N) is 1. The molecule has 1 aromatic rings. The molecule has 5 saturated carbocycles. The summed E-state index contributed by atoms with van der Waals surface area (Å²) < 4.78 is 24.1. The molecule has 5 fully saturated rings. The maximum Gasteiger partial charge on any atom is 0.262 e. The number of hydrogen-bond donors (Lipinski definition) is 3. The molecule has 5 aliphatic rings. The Labute approximate surface area is 195 Å². The Morgan fingerprint density at radius 2 is 1.75 bits per heavy atom. The molecular formula is C23H30ClN3O4S. The first-order valence-electron chi connectivity index (χ1n) is 11.5. The number of para-hydroxylation sites is 1. The van der Waals surface area contributed by atoms with Crippen LogP contribution in [0.15, 0.2) is 24.3 Å². The van der Waals surface area contributed by atoms with Crippen molar-refractivity contribution < 1.29 is 18.4 Å². The van der Waals surface area contributed by atoms with Gasteiger partial charge >= 0.3 is 0 Å². The minimum Gasteiger partial charge on any atom is -0.369 e. The van der Waals surface area contributed by atoms with E-state index in [9.17, 15) is 18.4 Å². The topological polar surface area (TPSA) is 113 Å². The van der Waals surface area contributed by atoms with Gasteiger partial charge in [-0.2, -0.15) is 0 Å². The van der Waals surface area contributed by atoms with Gasteiger partial charge < -0.3 is 11.1 Å². The predicted molar refractivity (Wildman–Crippen MR) is 123 cm³/mol. The molecule has 1 aromatic carbocycles. The number of carbonyl (C=O) groups is 2. The summed E-state index contributed by atoms with van der Waals surface area (Å²) in [5, 5.41) is 3.64. The highest BCUT2D eigenvalue weighted by Crippen LogP contribution is 2.60. The number of anilines is 1. The minimum atomic E-state index is -2.41. The Kier molecular flexibility index (Phi) is 5.54. The fraction of sp³-hybridized carbons (Fsp3) is 0.652. The predicted octanol–water partition coefficient (Wildman–Crippen LogP) is 3.39. The van der Waals surface area contributed by atoms with Crippen LogP contribution in [-0.4, -0.2) is 32.2 Å². The van der Waals surface area contributed by atoms with E-state index in [1.807, 2.05) is 0 Å². The molecule has 3 unspecified atom stereocenters. The summed E-state index contributed by atoms with van der Waals surface area (Å²) in [5.74, 6) is 0.546. The normalized spacial score (nSPS) is 35.4. The molecule has 0 radical (unpaired) electrons. The number of primary amides is 1. The largest absolute Gasteiger partial charge is 0.369 e. The van der Waals surface area contributed by atoms with Gasteiger partial charge in [0.2, 0.25) is 11.8 Å². The molecule has 7 nitrogen and oxygen atoms in total. The maximum absolute atomic E-state index is 13.9. The Morgan fingerprint density at radius 1 is 1.12 bits per heavy atom. The van der Waals surface area contributed by atoms with Gasteiger partial charge in [-0.1, -0.05) is 36.6 Å². The van der Waals surface area contributed by atoms with Crippen LogP contribution in [0.2, 0.25) is 5.02 Å². The molecule has 0 spiro atoms. The second-order valence-electron chi connectivity index (χ2n) is 10.3. The second kappa shape index (κ2) is 7.99. The van der Waals surface area contributed by atoms with Crippen LogP contribution < -0.4 is 15.4 Å². The third-order valence-electron chi connectivity index (χ3n) is 8.56. The van der Waals surface area contributed by atoms with E-state index in [0.717, 1.165) is 44.9 Å². The Hall–Kier alpha value is -1.64. The summed E-state index contributed by atoms with van der Waals surface area (Å²) in [6.07, 6.45) is 6.93. The van der Waals surface area contributed by atoms with Crippen molar-refractivity contribution in [2.75, 3.05) is 4.31 Å². The van der Waals surface area contributed by atoms with Crippen molar-refractivity contribution in [1.82, 2.24) is 5.32 Å². The lowest BCUT2D eigenvalue weighted by Gasteiger charge is -2.59. The third kappa shape index (κ3) is 3.37. The number of hydrogen-bond acceptors (Lipinski definition) is 3. The maximum atomic E-state index is 13.9. The lowest BCUT2D eigenvalue weighted by Crippen LogP contribution is -2.66. The van der Waals surface area contributed by atoms with Gasteiger partial charge in [0, 0.05) is 11.5 Å². The summed E-state index contributed by atoms with van der Waals surface area (Å²) in [7, 11) is 0. The van der Waals surface area contributed by atoms with Crippen molar-refractivity contribution in [3.8, 4) is 0 Å². The number of amides is 2. The number of nitrogens with two attached hydrogens (primary N) is 1. The van der Waals surface area contributed by atoms with Gasteiger partial charge in [0.1, 0.15) is 5.54 Å². The van der Waals surface area contributed by atoms with Crippen LogP contribution in [0, 0.1) is 23.2 Å². The molecule has 174 valence electrons. The molecule has 4 N–H and O–H groups in total. The van der Waals surface area contributed by atoms with Gasteiger partial charge in [0.15, 0.2) is 0 Å². The minimum absolute atomic E-state index is 0.0239. The SMILES string of the molecule is NC(=O)C12CC3CC(C1)C(NC(=O)C1(N(c4ccccc4Cl)S(=O)O)CCCC1)C(C3)C2. The lowest BCUT2D eigenvalue weighted by atomic mass is 9.47. The van der Waals surface area contributed by atoms with E-state index < -0.39 is 22.2 Å². The van der Waals surface area contributed by atoms with Crippen LogP contribution in [0.1, 0.15) is 57.8 Å². The van der Waals surface area contributed by atoms with Crippen molar-refractivity contribution in [1.29, 1.82) is 0 Å². The van der Waals surface area contributed by atoms with Crippen molar-refractivity contribution in [3.05, 3.63) is 29.3 Å². The quantitative estimate of drug-likeness (QED) is 0.542. The summed E-state index contributed by atoms with van der Waals surface area (Å²) in [6, 6.07) is 6.84. The van der Waals surface area contributed by atoms with Crippen LogP contribution in [-0.2, 0) is 20.9 Å². The zero-order chi connectivity index (χ0) is 22.7. The molecule has 32 heavy (non-hydrogen) atoms. The Bertz CT molecular complexity index is 950. The number of rotatable bonds is 6. The van der Waals surface area contributed by atoms with Crippen LogP contribution in [0.25, 0.3) is 0 Å². The molecule has 0 aliphatic heterocycles. The molecule has 0 heterocycles. The van der Waals surface area contributed by atoms with E-state index >= 15 is 0 Å². The van der Waals surface area contributed by atoms with Gasteiger partial charge in [-0.25, -0.2) is 4.21 Å². The summed E-state index contributed by atoms with van der Waals surface area (Å²) in [4.78, 5) is 26.1. The number of benzene rings is 1. The van der Waals surface area contributed by atoms with Crippen LogP contribution >= 0.6 is 11.6 Å². The first kappa shape index (κ1) is 22.2. The average Bonchev–Trinajstić information content (AvgIpc) is 3.22. The fourth-order valence-electron chi connectivity index (χ4n) is 7.41. The lowest BCUT2D eigenvalue weighted by molar-refractivity contribution is -0.148. The first-order valence-corrected chi connectivity index (χ1v) is 13.0. The zero-order valence-electron chi connectivity index (χ0n) is 18.0. The highest BCUT2D eigenvalue weighted by Gasteiger charge is 2.59. The van der Waals surface area contributed by atoms with Gasteiger partial charge in [-0.3, -0.25) is 18.4 Å². The smallest absolute Gasteiger partial charge is 0.262 e. The molecule has 9 heteroatoms. The third-order valence-corrected chi connectivity index (χ3v) is 9.74. The summed E-state index contributed by atoms with van der Waals surface area (Å²) >= 11 is 3.97. The zero-order valence-corrected chi connectivity index (χ0v) is 19.5. The number of carbonyl (C=O) groups excluding carboxylic acids is 2. The number of nitrogens with zero attached hydrogens (tertiary/aromatic N) is 1. The first-order chi connectivity index (χ1) is 15.3. The molecule has 5 aliphatic carbocycles. The standard InChI is InChI=1S/C23H30ClN3O4S/c24-17-5-1-2-6-18(17)27(32(30)31)23(7-3-4-8-23)21(29)26-19-15-9-14-10-16(19)13-22(11-14,12-15)20(25)28/h1-2,5-6,14-16,19H,3-4,7-13H2,(H2,25,28)(H,26,29)(H,30,31). The molecule has 4 bridgehead atoms. The van der Waals surface area contributed by atoms with Crippen LogP contribution in [0.5, 0.6) is 0 Å². The Balaban J connectivity index is 1.44. The molecule has 2 amide bonds. The van der Waals surface area contributed by atoms with E-state index in [2.05, 4.69) is 5.32 Å². The van der Waals surface area contributed by atoms with Gasteiger partial charge in [0.05, 0.1) is 10.7 Å².